The summed E-state index contributed by atoms with van der Waals surface area (Å²) in [6.07, 6.45) is -4.88. The molecule has 136 valence electrons. The lowest BCUT2D eigenvalue weighted by atomic mass is 10.0. The van der Waals surface area contributed by atoms with E-state index in [4.69, 9.17) is 0 Å². The second-order valence-electron chi connectivity index (χ2n) is 6.03. The Morgan fingerprint density at radius 2 is 1.23 bits per heavy atom. The minimum absolute atomic E-state index is 0.0844. The van der Waals surface area contributed by atoms with Crippen molar-refractivity contribution in [2.75, 3.05) is 26.2 Å². The molecule has 0 aromatic heterocycles. The Labute approximate surface area is 148 Å². The third-order valence-corrected chi connectivity index (χ3v) is 4.34. The highest BCUT2D eigenvalue weighted by atomic mass is 19.4. The highest BCUT2D eigenvalue weighted by Gasteiger charge is 2.43. The van der Waals surface area contributed by atoms with E-state index in [1.54, 1.807) is 12.1 Å². The monoisotopic (exact) mass is 362 g/mol. The topological polar surface area (TPSA) is 40.6 Å². The van der Waals surface area contributed by atoms with E-state index < -0.39 is 12.1 Å². The number of carbonyl (C=O) groups excluding carboxylic acids is 2. The fourth-order valence-corrected chi connectivity index (χ4v) is 2.91. The van der Waals surface area contributed by atoms with Gasteiger partial charge in [0.1, 0.15) is 0 Å². The summed E-state index contributed by atoms with van der Waals surface area (Å²) in [5, 5.41) is 0. The molecule has 0 spiro atoms. The number of benzene rings is 2. The van der Waals surface area contributed by atoms with Gasteiger partial charge in [-0.05, 0) is 23.3 Å². The zero-order chi connectivity index (χ0) is 18.7. The van der Waals surface area contributed by atoms with Gasteiger partial charge in [-0.2, -0.15) is 13.2 Å². The normalized spacial score (nSPS) is 15.0. The molecule has 3 rings (SSSR count). The molecule has 1 saturated heterocycles. The molecule has 0 bridgehead atoms. The SMILES string of the molecule is O=C(c1ccc(-c2ccccc2)cc1)N1CCN(C(=O)C(F)(F)F)CC1. The van der Waals surface area contributed by atoms with E-state index in [1.165, 1.54) is 4.90 Å². The molecule has 0 radical (unpaired) electrons. The van der Waals surface area contributed by atoms with E-state index in [9.17, 15) is 22.8 Å². The maximum Gasteiger partial charge on any atom is 0.471 e. The van der Waals surface area contributed by atoms with Crippen molar-refractivity contribution in [2.45, 2.75) is 6.18 Å². The molecule has 2 amide bonds. The summed E-state index contributed by atoms with van der Waals surface area (Å²) >= 11 is 0. The van der Waals surface area contributed by atoms with E-state index >= 15 is 0 Å². The maximum atomic E-state index is 12.5. The number of halogens is 3. The number of rotatable bonds is 2. The largest absolute Gasteiger partial charge is 0.471 e. The summed E-state index contributed by atoms with van der Waals surface area (Å²) in [6.45, 7) is -0.0689. The summed E-state index contributed by atoms with van der Waals surface area (Å²) in [7, 11) is 0. The van der Waals surface area contributed by atoms with E-state index in [1.807, 2.05) is 42.5 Å². The molecule has 1 heterocycles. The number of nitrogens with zero attached hydrogens (tertiary/aromatic N) is 2. The molecule has 0 N–H and O–H groups in total. The van der Waals surface area contributed by atoms with Crippen molar-refractivity contribution in [3.63, 3.8) is 0 Å². The minimum Gasteiger partial charge on any atom is -0.335 e. The zero-order valence-electron chi connectivity index (χ0n) is 13.9. The van der Waals surface area contributed by atoms with Crippen LogP contribution in [0.2, 0.25) is 0 Å². The second-order valence-corrected chi connectivity index (χ2v) is 6.03. The Hall–Kier alpha value is -2.83. The van der Waals surface area contributed by atoms with Crippen LogP contribution < -0.4 is 0 Å². The first-order valence-electron chi connectivity index (χ1n) is 8.17. The van der Waals surface area contributed by atoms with Crippen molar-refractivity contribution in [3.05, 3.63) is 60.2 Å². The van der Waals surface area contributed by atoms with Crippen LogP contribution in [0.3, 0.4) is 0 Å². The van der Waals surface area contributed by atoms with Gasteiger partial charge in [0, 0.05) is 31.7 Å². The van der Waals surface area contributed by atoms with Crippen molar-refractivity contribution in [1.82, 2.24) is 9.80 Å². The van der Waals surface area contributed by atoms with Crippen molar-refractivity contribution < 1.29 is 22.8 Å². The third-order valence-electron chi connectivity index (χ3n) is 4.34. The molecule has 7 heteroatoms. The number of alkyl halides is 3. The first kappa shape index (κ1) is 18.0. The molecule has 2 aromatic carbocycles. The van der Waals surface area contributed by atoms with E-state index in [-0.39, 0.29) is 32.1 Å². The molecule has 1 aliphatic heterocycles. The van der Waals surface area contributed by atoms with Crippen molar-refractivity contribution in [1.29, 1.82) is 0 Å². The molecule has 1 fully saturated rings. The van der Waals surface area contributed by atoms with Gasteiger partial charge in [0.05, 0.1) is 0 Å². The van der Waals surface area contributed by atoms with Crippen LogP contribution >= 0.6 is 0 Å². The molecule has 0 saturated carbocycles. The Morgan fingerprint density at radius 3 is 1.77 bits per heavy atom. The van der Waals surface area contributed by atoms with Gasteiger partial charge in [0.2, 0.25) is 0 Å². The Kier molecular flexibility index (Phi) is 4.97. The van der Waals surface area contributed by atoms with Gasteiger partial charge in [-0.15, -0.1) is 0 Å². The molecule has 2 aromatic rings. The highest BCUT2D eigenvalue weighted by Crippen LogP contribution is 2.22. The summed E-state index contributed by atoms with van der Waals surface area (Å²) in [6, 6.07) is 16.8. The lowest BCUT2D eigenvalue weighted by molar-refractivity contribution is -0.186. The average molecular weight is 362 g/mol. The third kappa shape index (κ3) is 3.87. The van der Waals surface area contributed by atoms with Crippen LogP contribution in [0.4, 0.5) is 13.2 Å². The lowest BCUT2D eigenvalue weighted by Crippen LogP contribution is -2.53. The smallest absolute Gasteiger partial charge is 0.335 e. The highest BCUT2D eigenvalue weighted by molar-refractivity contribution is 5.95. The van der Waals surface area contributed by atoms with E-state index in [0.29, 0.717) is 5.56 Å². The molecular formula is C19H17F3N2O2. The minimum atomic E-state index is -4.88. The number of amides is 2. The van der Waals surface area contributed by atoms with Crippen molar-refractivity contribution in [3.8, 4) is 11.1 Å². The second kappa shape index (κ2) is 7.19. The molecule has 0 aliphatic carbocycles. The zero-order valence-corrected chi connectivity index (χ0v) is 13.9. The van der Waals surface area contributed by atoms with Crippen LogP contribution in [0.15, 0.2) is 54.6 Å². The molecule has 0 unspecified atom stereocenters. The fourth-order valence-electron chi connectivity index (χ4n) is 2.91. The Bertz CT molecular complexity index is 781. The van der Waals surface area contributed by atoms with Gasteiger partial charge in [-0.25, -0.2) is 0 Å². The molecule has 4 nitrogen and oxygen atoms in total. The molecule has 1 aliphatic rings. The number of hydrogen-bond donors (Lipinski definition) is 0. The van der Waals surface area contributed by atoms with Gasteiger partial charge < -0.3 is 9.80 Å². The van der Waals surface area contributed by atoms with Gasteiger partial charge in [-0.1, -0.05) is 42.5 Å². The van der Waals surface area contributed by atoms with E-state index in [2.05, 4.69) is 0 Å². The van der Waals surface area contributed by atoms with Gasteiger partial charge in [0.15, 0.2) is 0 Å². The summed E-state index contributed by atoms with van der Waals surface area (Å²) in [5.41, 5.74) is 2.48. The molecular weight excluding hydrogens is 345 g/mol. The van der Waals surface area contributed by atoms with E-state index in [0.717, 1.165) is 16.0 Å². The van der Waals surface area contributed by atoms with Crippen LogP contribution in [0.25, 0.3) is 11.1 Å². The quantitative estimate of drug-likeness (QED) is 0.823. The fraction of sp³-hybridized carbons (Fsp3) is 0.263. The molecule has 0 atom stereocenters. The summed E-state index contributed by atoms with van der Waals surface area (Å²) in [5.74, 6) is -2.10. The van der Waals surface area contributed by atoms with Gasteiger partial charge in [-0.3, -0.25) is 9.59 Å². The predicted octanol–water partition coefficient (Wildman–Crippen LogP) is 3.20. The summed E-state index contributed by atoms with van der Waals surface area (Å²) < 4.78 is 37.4. The number of hydrogen-bond acceptors (Lipinski definition) is 2. The van der Waals surface area contributed by atoms with Gasteiger partial charge in [0.25, 0.3) is 5.91 Å². The first-order valence-corrected chi connectivity index (χ1v) is 8.17. The van der Waals surface area contributed by atoms with Crippen molar-refractivity contribution >= 4 is 11.8 Å². The Morgan fingerprint density at radius 1 is 0.731 bits per heavy atom. The van der Waals surface area contributed by atoms with Crippen LogP contribution in [-0.4, -0.2) is 54.0 Å². The van der Waals surface area contributed by atoms with Crippen LogP contribution in [0, 0.1) is 0 Å². The predicted molar refractivity (Wildman–Crippen MR) is 90.4 cm³/mol. The Balaban J connectivity index is 1.63. The van der Waals surface area contributed by atoms with Crippen LogP contribution in [-0.2, 0) is 4.79 Å². The number of piperazine rings is 1. The van der Waals surface area contributed by atoms with Crippen LogP contribution in [0.1, 0.15) is 10.4 Å². The maximum absolute atomic E-state index is 12.5. The first-order chi connectivity index (χ1) is 12.4. The van der Waals surface area contributed by atoms with Gasteiger partial charge >= 0.3 is 12.1 Å². The average Bonchev–Trinajstić information content (AvgIpc) is 2.67. The number of carbonyl (C=O) groups is 2. The van der Waals surface area contributed by atoms with Crippen LogP contribution in [0.5, 0.6) is 0 Å². The van der Waals surface area contributed by atoms with Crippen molar-refractivity contribution in [2.24, 2.45) is 0 Å². The molecule has 26 heavy (non-hydrogen) atoms. The standard InChI is InChI=1S/C19H17F3N2O2/c20-19(21,22)18(26)24-12-10-23(11-13-24)17(25)16-8-6-15(7-9-16)14-4-2-1-3-5-14/h1-9H,10-13H2. The lowest BCUT2D eigenvalue weighted by Gasteiger charge is -2.35. The summed E-state index contributed by atoms with van der Waals surface area (Å²) in [4.78, 5) is 26.0.